The third-order valence-corrected chi connectivity index (χ3v) is 3.65. The van der Waals surface area contributed by atoms with Crippen molar-refractivity contribution in [3.8, 4) is 11.4 Å². The molecular formula is C16H20N6. The Balaban J connectivity index is 1.93. The second kappa shape index (κ2) is 6.51. The lowest BCUT2D eigenvalue weighted by Crippen LogP contribution is -2.04. The van der Waals surface area contributed by atoms with E-state index in [1.54, 1.807) is 0 Å². The molecule has 2 heterocycles. The third kappa shape index (κ3) is 2.90. The highest BCUT2D eigenvalue weighted by Crippen LogP contribution is 2.21. The molecule has 2 aromatic heterocycles. The van der Waals surface area contributed by atoms with Gasteiger partial charge in [-0.1, -0.05) is 61.7 Å². The number of nitrogen functional groups attached to an aromatic ring is 1. The maximum absolute atomic E-state index is 6.02. The summed E-state index contributed by atoms with van der Waals surface area (Å²) in [6.07, 6.45) is 4.70. The highest BCUT2D eigenvalue weighted by atomic mass is 15.4. The first-order valence-corrected chi connectivity index (χ1v) is 7.71. The molecule has 6 nitrogen and oxygen atoms in total. The minimum Gasteiger partial charge on any atom is -0.382 e. The Hall–Kier alpha value is -2.50. The Morgan fingerprint density at radius 2 is 1.86 bits per heavy atom. The second-order valence-corrected chi connectivity index (χ2v) is 5.34. The normalized spacial score (nSPS) is 11.1. The molecule has 0 aliphatic carbocycles. The van der Waals surface area contributed by atoms with Gasteiger partial charge in [0.25, 0.3) is 0 Å². The summed E-state index contributed by atoms with van der Waals surface area (Å²) in [5, 5.41) is 8.29. The molecular weight excluding hydrogens is 276 g/mol. The first-order valence-electron chi connectivity index (χ1n) is 7.71. The summed E-state index contributed by atoms with van der Waals surface area (Å²) in [7, 11) is 0. The van der Waals surface area contributed by atoms with Crippen LogP contribution in [0.3, 0.4) is 0 Å². The average Bonchev–Trinajstić information content (AvgIpc) is 2.96. The summed E-state index contributed by atoms with van der Waals surface area (Å²) in [6, 6.07) is 9.82. The molecule has 22 heavy (non-hydrogen) atoms. The Bertz CT molecular complexity index is 750. The van der Waals surface area contributed by atoms with Crippen molar-refractivity contribution < 1.29 is 0 Å². The smallest absolute Gasteiger partial charge is 0.184 e. The summed E-state index contributed by atoms with van der Waals surface area (Å²) >= 11 is 0. The summed E-state index contributed by atoms with van der Waals surface area (Å²) in [5.74, 6) is 0.992. The molecule has 0 radical (unpaired) electrons. The number of aromatic nitrogens is 5. The van der Waals surface area contributed by atoms with E-state index in [0.29, 0.717) is 22.8 Å². The molecule has 0 bridgehead atoms. The molecule has 0 saturated carbocycles. The number of hydrogen-bond donors (Lipinski definition) is 1. The molecule has 0 fully saturated rings. The Morgan fingerprint density at radius 3 is 2.64 bits per heavy atom. The number of anilines is 1. The highest BCUT2D eigenvalue weighted by Gasteiger charge is 2.13. The van der Waals surface area contributed by atoms with Gasteiger partial charge in [0.2, 0.25) is 0 Å². The van der Waals surface area contributed by atoms with E-state index >= 15 is 0 Å². The SMILES string of the molecule is CCCCCCn1nnc2c(N)nc(-c3ccccc3)nc21. The van der Waals surface area contributed by atoms with E-state index in [1.807, 2.05) is 35.0 Å². The molecule has 6 heteroatoms. The van der Waals surface area contributed by atoms with Crippen LogP contribution in [0.5, 0.6) is 0 Å². The van der Waals surface area contributed by atoms with E-state index in [2.05, 4.69) is 27.2 Å². The van der Waals surface area contributed by atoms with E-state index in [-0.39, 0.29) is 0 Å². The van der Waals surface area contributed by atoms with Gasteiger partial charge in [0, 0.05) is 12.1 Å². The third-order valence-electron chi connectivity index (χ3n) is 3.65. The van der Waals surface area contributed by atoms with Gasteiger partial charge in [0.15, 0.2) is 22.8 Å². The van der Waals surface area contributed by atoms with Gasteiger partial charge in [-0.25, -0.2) is 14.6 Å². The lowest BCUT2D eigenvalue weighted by Gasteiger charge is -2.04. The van der Waals surface area contributed by atoms with Gasteiger partial charge in [-0.05, 0) is 6.42 Å². The molecule has 114 valence electrons. The summed E-state index contributed by atoms with van der Waals surface area (Å²) in [5.41, 5.74) is 8.25. The van der Waals surface area contributed by atoms with Crippen LogP contribution in [0, 0.1) is 0 Å². The largest absolute Gasteiger partial charge is 0.382 e. The monoisotopic (exact) mass is 296 g/mol. The fourth-order valence-corrected chi connectivity index (χ4v) is 2.43. The molecule has 3 aromatic rings. The zero-order chi connectivity index (χ0) is 15.4. The minimum absolute atomic E-state index is 0.378. The van der Waals surface area contributed by atoms with Crippen LogP contribution >= 0.6 is 0 Å². The molecule has 0 spiro atoms. The topological polar surface area (TPSA) is 82.5 Å². The van der Waals surface area contributed by atoms with Crippen LogP contribution in [0.4, 0.5) is 5.82 Å². The van der Waals surface area contributed by atoms with E-state index in [0.717, 1.165) is 18.5 Å². The van der Waals surface area contributed by atoms with Crippen molar-refractivity contribution in [1.82, 2.24) is 25.0 Å². The Morgan fingerprint density at radius 1 is 1.05 bits per heavy atom. The quantitative estimate of drug-likeness (QED) is 0.707. The molecule has 1 aromatic carbocycles. The number of rotatable bonds is 6. The maximum Gasteiger partial charge on any atom is 0.184 e. The van der Waals surface area contributed by atoms with Crippen molar-refractivity contribution in [3.05, 3.63) is 30.3 Å². The Kier molecular flexibility index (Phi) is 4.27. The number of nitrogens with zero attached hydrogens (tertiary/aromatic N) is 5. The zero-order valence-electron chi connectivity index (χ0n) is 12.7. The number of nitrogens with two attached hydrogens (primary N) is 1. The predicted octanol–water partition coefficient (Wildman–Crippen LogP) is 3.05. The average molecular weight is 296 g/mol. The van der Waals surface area contributed by atoms with Crippen molar-refractivity contribution in [2.24, 2.45) is 0 Å². The summed E-state index contributed by atoms with van der Waals surface area (Å²) < 4.78 is 1.83. The minimum atomic E-state index is 0.378. The van der Waals surface area contributed by atoms with Crippen molar-refractivity contribution >= 4 is 17.0 Å². The molecule has 0 atom stereocenters. The first-order chi connectivity index (χ1) is 10.8. The van der Waals surface area contributed by atoms with Crippen LogP contribution in [-0.2, 0) is 6.54 Å². The number of fused-ring (bicyclic) bond motifs is 1. The molecule has 0 saturated heterocycles. The van der Waals surface area contributed by atoms with E-state index < -0.39 is 0 Å². The van der Waals surface area contributed by atoms with Crippen LogP contribution in [0.15, 0.2) is 30.3 Å². The number of hydrogen-bond acceptors (Lipinski definition) is 5. The first kappa shape index (κ1) is 14.4. The van der Waals surface area contributed by atoms with Crippen LogP contribution in [0.25, 0.3) is 22.6 Å². The molecule has 0 aliphatic heterocycles. The molecule has 2 N–H and O–H groups in total. The van der Waals surface area contributed by atoms with Crippen LogP contribution in [0.1, 0.15) is 32.6 Å². The van der Waals surface area contributed by atoms with Crippen molar-refractivity contribution in [2.75, 3.05) is 5.73 Å². The highest BCUT2D eigenvalue weighted by molar-refractivity contribution is 5.82. The van der Waals surface area contributed by atoms with Gasteiger partial charge in [-0.15, -0.1) is 5.10 Å². The molecule has 3 rings (SSSR count). The number of aryl methyl sites for hydroxylation is 1. The summed E-state index contributed by atoms with van der Waals surface area (Å²) in [6.45, 7) is 3.01. The van der Waals surface area contributed by atoms with E-state index in [9.17, 15) is 0 Å². The van der Waals surface area contributed by atoms with E-state index in [1.165, 1.54) is 19.3 Å². The van der Waals surface area contributed by atoms with Gasteiger partial charge in [-0.2, -0.15) is 0 Å². The maximum atomic E-state index is 6.02. The molecule has 0 unspecified atom stereocenters. The fourth-order valence-electron chi connectivity index (χ4n) is 2.43. The van der Waals surface area contributed by atoms with Crippen LogP contribution < -0.4 is 5.73 Å². The lowest BCUT2D eigenvalue weighted by molar-refractivity contribution is 0.536. The molecule has 0 amide bonds. The van der Waals surface area contributed by atoms with Crippen molar-refractivity contribution in [3.63, 3.8) is 0 Å². The van der Waals surface area contributed by atoms with Gasteiger partial charge >= 0.3 is 0 Å². The number of benzene rings is 1. The van der Waals surface area contributed by atoms with E-state index in [4.69, 9.17) is 5.73 Å². The van der Waals surface area contributed by atoms with Crippen LogP contribution in [-0.4, -0.2) is 25.0 Å². The van der Waals surface area contributed by atoms with Crippen molar-refractivity contribution in [2.45, 2.75) is 39.2 Å². The van der Waals surface area contributed by atoms with Gasteiger partial charge in [0.05, 0.1) is 0 Å². The number of unbranched alkanes of at least 4 members (excludes halogenated alkanes) is 3. The Labute approximate surface area is 129 Å². The predicted molar refractivity (Wildman–Crippen MR) is 87.1 cm³/mol. The van der Waals surface area contributed by atoms with Crippen LogP contribution in [0.2, 0.25) is 0 Å². The summed E-state index contributed by atoms with van der Waals surface area (Å²) in [4.78, 5) is 8.96. The van der Waals surface area contributed by atoms with Crippen molar-refractivity contribution in [1.29, 1.82) is 0 Å². The fraction of sp³-hybridized carbons (Fsp3) is 0.375. The standard InChI is InChI=1S/C16H20N6/c1-2-3-4-8-11-22-16-13(20-21-22)14(17)18-15(19-16)12-9-6-5-7-10-12/h5-7,9-10H,2-4,8,11H2,1H3,(H2,17,18,19). The van der Waals surface area contributed by atoms with Gasteiger partial charge < -0.3 is 5.73 Å². The van der Waals surface area contributed by atoms with Gasteiger partial charge in [-0.3, -0.25) is 0 Å². The van der Waals surface area contributed by atoms with Gasteiger partial charge in [0.1, 0.15) is 0 Å². The lowest BCUT2D eigenvalue weighted by atomic mass is 10.2. The zero-order valence-corrected chi connectivity index (χ0v) is 12.7. The molecule has 0 aliphatic rings. The second-order valence-electron chi connectivity index (χ2n) is 5.34.